The predicted molar refractivity (Wildman–Crippen MR) is 81.6 cm³/mol. The summed E-state index contributed by atoms with van der Waals surface area (Å²) in [5, 5.41) is 13.4. The molecule has 1 aromatic heterocycles. The summed E-state index contributed by atoms with van der Waals surface area (Å²) in [5.74, 6) is -0.119. The summed E-state index contributed by atoms with van der Waals surface area (Å²) in [6.45, 7) is 6.61. The van der Waals surface area contributed by atoms with Crippen molar-refractivity contribution < 1.29 is 14.5 Å². The lowest BCUT2D eigenvalue weighted by molar-refractivity contribution is -0.396. The van der Waals surface area contributed by atoms with Gasteiger partial charge < -0.3 is 20.2 Å². The molecule has 0 bridgehead atoms. The van der Waals surface area contributed by atoms with Gasteiger partial charge in [-0.1, -0.05) is 17.8 Å². The van der Waals surface area contributed by atoms with E-state index in [1.807, 2.05) is 20.8 Å². The molecule has 0 aliphatic heterocycles. The Kier molecular flexibility index (Phi) is 6.81. The summed E-state index contributed by atoms with van der Waals surface area (Å²) in [5.41, 5.74) is -0.483. The number of nitro groups is 1. The van der Waals surface area contributed by atoms with Gasteiger partial charge in [0.05, 0.1) is 6.54 Å². The second-order valence-corrected chi connectivity index (χ2v) is 6.02. The van der Waals surface area contributed by atoms with Crippen LogP contribution in [0, 0.1) is 10.1 Å². The standard InChI is InChI=1S/C14H24N4O4/c1-14(2,3)22-13(19)16-8-6-4-5-7-10-17-11-9-15-12(17)18(20)21/h9,11H,4-8,10H2,1-3H3,(H,16,19). The number of imidazole rings is 1. The van der Waals surface area contributed by atoms with E-state index in [1.165, 1.54) is 6.20 Å². The Labute approximate surface area is 130 Å². The largest absolute Gasteiger partial charge is 0.444 e. The highest BCUT2D eigenvalue weighted by atomic mass is 16.6. The first-order valence-electron chi connectivity index (χ1n) is 7.42. The molecule has 0 atom stereocenters. The van der Waals surface area contributed by atoms with Gasteiger partial charge in [-0.15, -0.1) is 0 Å². The van der Waals surface area contributed by atoms with Crippen molar-refractivity contribution in [2.24, 2.45) is 0 Å². The molecule has 22 heavy (non-hydrogen) atoms. The summed E-state index contributed by atoms with van der Waals surface area (Å²) < 4.78 is 6.67. The molecule has 0 aliphatic carbocycles. The minimum Gasteiger partial charge on any atom is -0.444 e. The van der Waals surface area contributed by atoms with E-state index in [9.17, 15) is 14.9 Å². The van der Waals surface area contributed by atoms with Gasteiger partial charge >= 0.3 is 12.0 Å². The minimum atomic E-state index is -0.483. The number of carbonyl (C=O) groups excluding carboxylic acids is 1. The van der Waals surface area contributed by atoms with Crippen molar-refractivity contribution >= 4 is 12.0 Å². The van der Waals surface area contributed by atoms with E-state index < -0.39 is 16.6 Å². The van der Waals surface area contributed by atoms with Crippen molar-refractivity contribution in [3.8, 4) is 0 Å². The van der Waals surface area contributed by atoms with E-state index in [-0.39, 0.29) is 5.95 Å². The lowest BCUT2D eigenvalue weighted by Gasteiger charge is -2.19. The molecule has 124 valence electrons. The molecule has 8 nitrogen and oxygen atoms in total. The van der Waals surface area contributed by atoms with Crippen LogP contribution in [-0.4, -0.2) is 32.7 Å². The Balaban J connectivity index is 2.08. The third-order valence-corrected chi connectivity index (χ3v) is 2.85. The predicted octanol–water partition coefficient (Wildman–Crippen LogP) is 2.88. The van der Waals surface area contributed by atoms with Crippen molar-refractivity contribution in [3.63, 3.8) is 0 Å². The van der Waals surface area contributed by atoms with Crippen molar-refractivity contribution in [1.29, 1.82) is 0 Å². The molecule has 1 amide bonds. The smallest absolute Gasteiger partial charge is 0.434 e. The summed E-state index contributed by atoms with van der Waals surface area (Å²) >= 11 is 0. The number of rotatable bonds is 8. The van der Waals surface area contributed by atoms with Crippen LogP contribution in [-0.2, 0) is 11.3 Å². The molecule has 0 saturated heterocycles. The van der Waals surface area contributed by atoms with Crippen LogP contribution in [0.3, 0.4) is 0 Å². The number of carbonyl (C=O) groups is 1. The third kappa shape index (κ3) is 7.05. The zero-order chi connectivity index (χ0) is 16.6. The monoisotopic (exact) mass is 312 g/mol. The van der Waals surface area contributed by atoms with Crippen molar-refractivity contribution in [2.75, 3.05) is 6.54 Å². The quantitative estimate of drug-likeness (QED) is 0.452. The average molecular weight is 312 g/mol. The van der Waals surface area contributed by atoms with Crippen LogP contribution < -0.4 is 5.32 Å². The van der Waals surface area contributed by atoms with Gasteiger partial charge in [0.1, 0.15) is 18.0 Å². The van der Waals surface area contributed by atoms with E-state index in [0.717, 1.165) is 25.7 Å². The SMILES string of the molecule is CC(C)(C)OC(=O)NCCCCCCn1ccnc1[N+](=O)[O-]. The lowest BCUT2D eigenvalue weighted by Crippen LogP contribution is -2.32. The van der Waals surface area contributed by atoms with Crippen LogP contribution in [0.1, 0.15) is 46.5 Å². The summed E-state index contributed by atoms with van der Waals surface area (Å²) in [6, 6.07) is 0. The molecular formula is C14H24N4O4. The minimum absolute atomic E-state index is 0.119. The molecule has 1 rings (SSSR count). The number of unbranched alkanes of at least 4 members (excludes halogenated alkanes) is 3. The zero-order valence-corrected chi connectivity index (χ0v) is 13.4. The maximum Gasteiger partial charge on any atom is 0.434 e. The number of hydrogen-bond donors (Lipinski definition) is 1. The molecule has 0 unspecified atom stereocenters. The van der Waals surface area contributed by atoms with Gasteiger partial charge in [-0.05, 0) is 38.5 Å². The number of aryl methyl sites for hydroxylation is 1. The van der Waals surface area contributed by atoms with Crippen LogP contribution in [0.25, 0.3) is 0 Å². The van der Waals surface area contributed by atoms with Gasteiger partial charge in [-0.3, -0.25) is 0 Å². The highest BCUT2D eigenvalue weighted by Crippen LogP contribution is 2.10. The molecule has 0 radical (unpaired) electrons. The molecule has 0 aliphatic rings. The summed E-state index contributed by atoms with van der Waals surface area (Å²) in [7, 11) is 0. The number of nitrogens with zero attached hydrogens (tertiary/aromatic N) is 3. The lowest BCUT2D eigenvalue weighted by atomic mass is 10.2. The molecule has 1 N–H and O–H groups in total. The molecule has 1 aromatic rings. The Morgan fingerprint density at radius 1 is 1.36 bits per heavy atom. The Bertz CT molecular complexity index is 493. The highest BCUT2D eigenvalue weighted by molar-refractivity contribution is 5.67. The van der Waals surface area contributed by atoms with Gasteiger partial charge in [0, 0.05) is 6.54 Å². The number of ether oxygens (including phenoxy) is 1. The molecule has 0 aromatic carbocycles. The first kappa shape index (κ1) is 17.9. The highest BCUT2D eigenvalue weighted by Gasteiger charge is 2.15. The maximum absolute atomic E-state index is 11.4. The van der Waals surface area contributed by atoms with Gasteiger partial charge in [-0.2, -0.15) is 0 Å². The van der Waals surface area contributed by atoms with E-state index in [2.05, 4.69) is 10.3 Å². The van der Waals surface area contributed by atoms with Crippen LogP contribution in [0.2, 0.25) is 0 Å². The van der Waals surface area contributed by atoms with E-state index in [1.54, 1.807) is 10.8 Å². The average Bonchev–Trinajstić information content (AvgIpc) is 2.84. The molecule has 1 heterocycles. The van der Waals surface area contributed by atoms with E-state index in [0.29, 0.717) is 13.1 Å². The van der Waals surface area contributed by atoms with Crippen molar-refractivity contribution in [2.45, 2.75) is 58.6 Å². The Morgan fingerprint density at radius 2 is 2.05 bits per heavy atom. The molecule has 0 fully saturated rings. The van der Waals surface area contributed by atoms with Crippen LogP contribution in [0.5, 0.6) is 0 Å². The molecule has 0 spiro atoms. The van der Waals surface area contributed by atoms with Gasteiger partial charge in [-0.25, -0.2) is 9.36 Å². The fourth-order valence-electron chi connectivity index (χ4n) is 1.91. The van der Waals surface area contributed by atoms with E-state index in [4.69, 9.17) is 4.74 Å². The fraction of sp³-hybridized carbons (Fsp3) is 0.714. The topological polar surface area (TPSA) is 99.3 Å². The number of nitrogens with one attached hydrogen (secondary N) is 1. The summed E-state index contributed by atoms with van der Waals surface area (Å²) in [4.78, 5) is 25.3. The Hall–Kier alpha value is -2.12. The normalized spacial score (nSPS) is 11.2. The molecule has 8 heteroatoms. The van der Waals surface area contributed by atoms with Crippen molar-refractivity contribution in [1.82, 2.24) is 14.9 Å². The maximum atomic E-state index is 11.4. The van der Waals surface area contributed by atoms with Crippen LogP contribution >= 0.6 is 0 Å². The van der Waals surface area contributed by atoms with Crippen molar-refractivity contribution in [3.05, 3.63) is 22.5 Å². The fourth-order valence-corrected chi connectivity index (χ4v) is 1.91. The first-order chi connectivity index (χ1) is 10.3. The zero-order valence-electron chi connectivity index (χ0n) is 13.4. The number of alkyl carbamates (subject to hydrolysis) is 1. The first-order valence-corrected chi connectivity index (χ1v) is 7.42. The van der Waals surface area contributed by atoms with Gasteiger partial charge in [0.25, 0.3) is 0 Å². The third-order valence-electron chi connectivity index (χ3n) is 2.85. The van der Waals surface area contributed by atoms with E-state index >= 15 is 0 Å². The Morgan fingerprint density at radius 3 is 2.68 bits per heavy atom. The second kappa shape index (κ2) is 8.35. The van der Waals surface area contributed by atoms with Crippen LogP contribution in [0.4, 0.5) is 10.7 Å². The van der Waals surface area contributed by atoms with Gasteiger partial charge in [0.15, 0.2) is 0 Å². The molecular weight excluding hydrogens is 288 g/mol. The van der Waals surface area contributed by atoms with Gasteiger partial charge in [0.2, 0.25) is 0 Å². The number of hydrogen-bond acceptors (Lipinski definition) is 5. The second-order valence-electron chi connectivity index (χ2n) is 6.02. The summed E-state index contributed by atoms with van der Waals surface area (Å²) in [6.07, 6.45) is 6.21. The van der Waals surface area contributed by atoms with Crippen LogP contribution in [0.15, 0.2) is 12.4 Å². The molecule has 0 saturated carbocycles. The number of amides is 1. The number of aromatic nitrogens is 2.